The van der Waals surface area contributed by atoms with Gasteiger partial charge in [-0.25, -0.2) is 4.68 Å². The summed E-state index contributed by atoms with van der Waals surface area (Å²) in [5.41, 5.74) is 2.01. The van der Waals surface area contributed by atoms with Crippen LogP contribution in [0.4, 0.5) is 0 Å². The molecule has 0 saturated carbocycles. The van der Waals surface area contributed by atoms with Crippen molar-refractivity contribution in [2.75, 3.05) is 7.05 Å². The third-order valence-electron chi connectivity index (χ3n) is 4.09. The first-order valence-corrected chi connectivity index (χ1v) is 8.95. The van der Waals surface area contributed by atoms with E-state index in [-0.39, 0.29) is 12.6 Å². The summed E-state index contributed by atoms with van der Waals surface area (Å²) in [6, 6.07) is 7.05. The number of benzene rings is 1. The molecule has 0 N–H and O–H groups in total. The Kier molecular flexibility index (Phi) is 5.72. The van der Waals surface area contributed by atoms with E-state index in [1.165, 1.54) is 0 Å². The molecule has 0 aliphatic rings. The minimum absolute atomic E-state index is 0.188. The Labute approximate surface area is 167 Å². The van der Waals surface area contributed by atoms with Gasteiger partial charge in [0.1, 0.15) is 5.75 Å². The number of aromatic nitrogens is 4. The molecule has 0 radical (unpaired) electrons. The third kappa shape index (κ3) is 4.43. The van der Waals surface area contributed by atoms with Crippen molar-refractivity contribution in [3.8, 4) is 5.75 Å². The normalized spacial score (nSPS) is 10.9. The van der Waals surface area contributed by atoms with Crippen LogP contribution in [0.1, 0.15) is 21.7 Å². The molecule has 1 aromatic carbocycles. The van der Waals surface area contributed by atoms with Crippen LogP contribution in [0.2, 0.25) is 10.0 Å². The summed E-state index contributed by atoms with van der Waals surface area (Å²) in [4.78, 5) is 14.1. The standard InChI is InChI=1S/C18H19Cl2N5O2/c1-12-8-13(19)4-5-17(12)27-11-25-7-6-15(22-25)18(26)23(2)10-16-14(20)9-21-24(16)3/h4-9H,10-11H2,1-3H3. The lowest BCUT2D eigenvalue weighted by Gasteiger charge is -2.16. The van der Waals surface area contributed by atoms with E-state index in [2.05, 4.69) is 10.2 Å². The van der Waals surface area contributed by atoms with Crippen LogP contribution in [0.3, 0.4) is 0 Å². The molecular formula is C18H19Cl2N5O2. The number of rotatable bonds is 6. The highest BCUT2D eigenvalue weighted by Gasteiger charge is 2.18. The summed E-state index contributed by atoms with van der Waals surface area (Å²) in [5, 5.41) is 9.54. The number of hydrogen-bond donors (Lipinski definition) is 0. The molecule has 9 heteroatoms. The van der Waals surface area contributed by atoms with Crippen molar-refractivity contribution in [1.82, 2.24) is 24.5 Å². The molecule has 1 amide bonds. The van der Waals surface area contributed by atoms with Crippen molar-refractivity contribution in [3.63, 3.8) is 0 Å². The zero-order chi connectivity index (χ0) is 19.6. The molecule has 0 aliphatic carbocycles. The van der Waals surface area contributed by atoms with Gasteiger partial charge in [0.05, 0.1) is 23.5 Å². The van der Waals surface area contributed by atoms with Crippen LogP contribution in [0.15, 0.2) is 36.7 Å². The number of hydrogen-bond acceptors (Lipinski definition) is 4. The van der Waals surface area contributed by atoms with Crippen molar-refractivity contribution < 1.29 is 9.53 Å². The molecule has 27 heavy (non-hydrogen) atoms. The molecule has 3 aromatic rings. The molecule has 7 nitrogen and oxygen atoms in total. The number of amides is 1. The van der Waals surface area contributed by atoms with Crippen molar-refractivity contribution in [2.24, 2.45) is 7.05 Å². The Balaban J connectivity index is 1.63. The SMILES string of the molecule is Cc1cc(Cl)ccc1OCn1ccc(C(=O)N(C)Cc2c(Cl)cnn2C)n1. The maximum absolute atomic E-state index is 12.6. The highest BCUT2D eigenvalue weighted by molar-refractivity contribution is 6.31. The zero-order valence-electron chi connectivity index (χ0n) is 15.2. The van der Waals surface area contributed by atoms with E-state index in [1.807, 2.05) is 13.0 Å². The molecule has 2 aromatic heterocycles. The van der Waals surface area contributed by atoms with E-state index in [0.29, 0.717) is 28.0 Å². The van der Waals surface area contributed by atoms with E-state index in [1.54, 1.807) is 59.0 Å². The van der Waals surface area contributed by atoms with Gasteiger partial charge in [-0.3, -0.25) is 9.48 Å². The van der Waals surface area contributed by atoms with E-state index in [4.69, 9.17) is 27.9 Å². The molecule has 0 spiro atoms. The lowest BCUT2D eigenvalue weighted by molar-refractivity contribution is 0.0774. The van der Waals surface area contributed by atoms with E-state index < -0.39 is 0 Å². The second-order valence-corrected chi connectivity index (χ2v) is 6.99. The summed E-state index contributed by atoms with van der Waals surface area (Å²) >= 11 is 12.0. The van der Waals surface area contributed by atoms with Gasteiger partial charge in [0.2, 0.25) is 0 Å². The highest BCUT2D eigenvalue weighted by atomic mass is 35.5. The molecule has 0 unspecified atom stereocenters. The van der Waals surface area contributed by atoms with E-state index in [9.17, 15) is 4.79 Å². The van der Waals surface area contributed by atoms with Crippen LogP contribution in [0.5, 0.6) is 5.75 Å². The van der Waals surface area contributed by atoms with Gasteiger partial charge in [-0.1, -0.05) is 23.2 Å². The van der Waals surface area contributed by atoms with Crippen LogP contribution in [0, 0.1) is 6.92 Å². The zero-order valence-corrected chi connectivity index (χ0v) is 16.7. The van der Waals surface area contributed by atoms with Crippen molar-refractivity contribution in [3.05, 3.63) is 63.7 Å². The Hall–Kier alpha value is -2.51. The van der Waals surface area contributed by atoms with Crippen LogP contribution in [0.25, 0.3) is 0 Å². The third-order valence-corrected chi connectivity index (χ3v) is 4.64. The Morgan fingerprint density at radius 3 is 2.74 bits per heavy atom. The van der Waals surface area contributed by atoms with Gasteiger partial charge in [0.25, 0.3) is 5.91 Å². The maximum Gasteiger partial charge on any atom is 0.274 e. The lowest BCUT2D eigenvalue weighted by Crippen LogP contribution is -2.28. The fraction of sp³-hybridized carbons (Fsp3) is 0.278. The second-order valence-electron chi connectivity index (χ2n) is 6.15. The van der Waals surface area contributed by atoms with Crippen LogP contribution < -0.4 is 4.74 Å². The van der Waals surface area contributed by atoms with Gasteiger partial charge in [-0.15, -0.1) is 0 Å². The summed E-state index contributed by atoms with van der Waals surface area (Å²) in [6.45, 7) is 2.44. The summed E-state index contributed by atoms with van der Waals surface area (Å²) in [6.07, 6.45) is 3.25. The minimum Gasteiger partial charge on any atom is -0.471 e. The van der Waals surface area contributed by atoms with Crippen LogP contribution in [-0.4, -0.2) is 37.4 Å². The van der Waals surface area contributed by atoms with Crippen LogP contribution in [-0.2, 0) is 20.3 Å². The molecule has 2 heterocycles. The number of ether oxygens (including phenoxy) is 1. The maximum atomic E-state index is 12.6. The Morgan fingerprint density at radius 1 is 1.30 bits per heavy atom. The average molecular weight is 408 g/mol. The predicted molar refractivity (Wildman–Crippen MR) is 103 cm³/mol. The number of halogens is 2. The van der Waals surface area contributed by atoms with Gasteiger partial charge in [0, 0.05) is 25.3 Å². The molecule has 142 valence electrons. The monoisotopic (exact) mass is 407 g/mol. The molecule has 0 aliphatic heterocycles. The van der Waals surface area contributed by atoms with E-state index in [0.717, 1.165) is 11.3 Å². The molecule has 0 fully saturated rings. The first-order valence-electron chi connectivity index (χ1n) is 8.19. The average Bonchev–Trinajstić information content (AvgIpc) is 3.22. The molecular weight excluding hydrogens is 389 g/mol. The van der Waals surface area contributed by atoms with Crippen molar-refractivity contribution in [1.29, 1.82) is 0 Å². The summed E-state index contributed by atoms with van der Waals surface area (Å²) in [5.74, 6) is 0.499. The first kappa shape index (κ1) is 19.3. The topological polar surface area (TPSA) is 65.2 Å². The van der Waals surface area contributed by atoms with Crippen molar-refractivity contribution >= 4 is 29.1 Å². The number of carbonyl (C=O) groups excluding carboxylic acids is 1. The summed E-state index contributed by atoms with van der Waals surface area (Å²) < 4.78 is 8.94. The second kappa shape index (κ2) is 8.02. The van der Waals surface area contributed by atoms with Crippen molar-refractivity contribution in [2.45, 2.75) is 20.2 Å². The number of nitrogens with zero attached hydrogens (tertiary/aromatic N) is 5. The van der Waals surface area contributed by atoms with Crippen LogP contribution >= 0.6 is 23.2 Å². The molecule has 0 saturated heterocycles. The molecule has 0 atom stereocenters. The van der Waals surface area contributed by atoms with Gasteiger partial charge < -0.3 is 9.64 Å². The molecule has 3 rings (SSSR count). The lowest BCUT2D eigenvalue weighted by atomic mass is 10.2. The number of aryl methyl sites for hydroxylation is 2. The Bertz CT molecular complexity index is 947. The fourth-order valence-corrected chi connectivity index (χ4v) is 3.02. The first-order chi connectivity index (χ1) is 12.8. The largest absolute Gasteiger partial charge is 0.471 e. The highest BCUT2D eigenvalue weighted by Crippen LogP contribution is 2.22. The van der Waals surface area contributed by atoms with Gasteiger partial charge in [-0.05, 0) is 36.8 Å². The minimum atomic E-state index is -0.214. The van der Waals surface area contributed by atoms with E-state index >= 15 is 0 Å². The Morgan fingerprint density at radius 2 is 2.07 bits per heavy atom. The smallest absolute Gasteiger partial charge is 0.274 e. The van der Waals surface area contributed by atoms with Gasteiger partial charge >= 0.3 is 0 Å². The summed E-state index contributed by atoms with van der Waals surface area (Å²) in [7, 11) is 3.47. The quantitative estimate of drug-likeness (QED) is 0.626. The number of carbonyl (C=O) groups is 1. The predicted octanol–water partition coefficient (Wildman–Crippen LogP) is 3.54. The van der Waals surface area contributed by atoms with Gasteiger partial charge in [-0.2, -0.15) is 10.2 Å². The van der Waals surface area contributed by atoms with Gasteiger partial charge in [0.15, 0.2) is 12.4 Å². The molecule has 0 bridgehead atoms. The fourth-order valence-electron chi connectivity index (χ4n) is 2.56.